The summed E-state index contributed by atoms with van der Waals surface area (Å²) in [6.45, 7) is 0. The van der Waals surface area contributed by atoms with Crippen molar-refractivity contribution in [2.24, 2.45) is 0 Å². The summed E-state index contributed by atoms with van der Waals surface area (Å²) >= 11 is 0. The van der Waals surface area contributed by atoms with E-state index in [4.69, 9.17) is 0 Å². The van der Waals surface area contributed by atoms with Crippen molar-refractivity contribution in [3.05, 3.63) is 12.0 Å². The van der Waals surface area contributed by atoms with Crippen molar-refractivity contribution in [2.45, 2.75) is 35.0 Å². The number of ether oxygens (including phenoxy) is 2. The van der Waals surface area contributed by atoms with Crippen molar-refractivity contribution in [1.82, 2.24) is 0 Å². The Morgan fingerprint density at radius 2 is 1.04 bits per heavy atom. The molecular weight excluding hydrogens is 458 g/mol. The summed E-state index contributed by atoms with van der Waals surface area (Å²) in [5, 5.41) is -7.72. The van der Waals surface area contributed by atoms with Crippen LogP contribution in [-0.2, 0) is 19.7 Å². The van der Waals surface area contributed by atoms with E-state index in [0.29, 0.717) is 0 Å². The Morgan fingerprint density at radius 1 is 0.704 bits per heavy atom. The van der Waals surface area contributed by atoms with Crippen LogP contribution in [0.4, 0.5) is 61.0 Å². The Kier molecular flexibility index (Phi) is 4.89. The first-order chi connectivity index (χ1) is 11.5. The molecule has 0 aliphatic carbocycles. The molecule has 1 aliphatic heterocycles. The maximum absolute atomic E-state index is 13.6. The average Bonchev–Trinajstić information content (AvgIpc) is 2.74. The third-order valence-corrected chi connectivity index (χ3v) is 3.74. The van der Waals surface area contributed by atoms with Crippen LogP contribution in [-0.4, -0.2) is 43.4 Å². The van der Waals surface area contributed by atoms with E-state index in [1.165, 1.54) is 0 Å². The van der Waals surface area contributed by atoms with Crippen LogP contribution >= 0.6 is 0 Å². The number of rotatable bonds is 5. The molecule has 0 spiro atoms. The third-order valence-electron chi connectivity index (χ3n) is 2.87. The number of hydrogen-bond acceptors (Lipinski definition) is 4. The fourth-order valence-corrected chi connectivity index (χ4v) is 1.95. The highest BCUT2D eigenvalue weighted by Gasteiger charge is 2.95. The van der Waals surface area contributed by atoms with Gasteiger partial charge in [-0.05, 0) is 0 Å². The lowest BCUT2D eigenvalue weighted by Crippen LogP contribution is -2.74. The first kappa shape index (κ1) is 23.3. The molecule has 4 nitrogen and oxygen atoms in total. The number of alkyl halides is 11. The van der Waals surface area contributed by atoms with Crippen molar-refractivity contribution in [1.29, 1.82) is 0 Å². The molecule has 0 saturated carbocycles. The number of halogens is 14. The van der Waals surface area contributed by atoms with Crippen LogP contribution in [0.25, 0.3) is 0 Å². The zero-order chi connectivity index (χ0) is 22.1. The van der Waals surface area contributed by atoms with Gasteiger partial charge in [-0.2, -0.15) is 65.5 Å². The van der Waals surface area contributed by atoms with E-state index in [1.54, 1.807) is 0 Å². The molecule has 0 unspecified atom stereocenters. The van der Waals surface area contributed by atoms with Crippen LogP contribution in [0.3, 0.4) is 0 Å². The first-order valence-corrected chi connectivity index (χ1v) is 6.85. The molecule has 160 valence electrons. The second-order valence-corrected chi connectivity index (χ2v) is 5.93. The average molecular weight is 458 g/mol. The van der Waals surface area contributed by atoms with Gasteiger partial charge in [-0.15, -0.1) is 0 Å². The maximum Gasteiger partial charge on any atom is 0.475 e. The molecule has 27 heavy (non-hydrogen) atoms. The third kappa shape index (κ3) is 2.75. The molecule has 0 aromatic carbocycles. The summed E-state index contributed by atoms with van der Waals surface area (Å²) in [5.41, 5.74) is 0. The second kappa shape index (κ2) is 5.66. The van der Waals surface area contributed by atoms with Gasteiger partial charge in [0.25, 0.3) is 0 Å². The quantitative estimate of drug-likeness (QED) is 0.459. The van der Waals surface area contributed by atoms with Gasteiger partial charge in [-0.1, -0.05) is 3.89 Å². The van der Waals surface area contributed by atoms with Crippen LogP contribution in [0.2, 0.25) is 0 Å². The molecule has 1 heterocycles. The monoisotopic (exact) mass is 458 g/mol. The van der Waals surface area contributed by atoms with Crippen molar-refractivity contribution in [2.75, 3.05) is 0 Å². The molecule has 0 aromatic heterocycles. The zero-order valence-corrected chi connectivity index (χ0v) is 12.1. The highest BCUT2D eigenvalue weighted by atomic mass is 32.3. The molecule has 1 aliphatic rings. The van der Waals surface area contributed by atoms with Crippen molar-refractivity contribution < 1.29 is 78.9 Å². The van der Waals surface area contributed by atoms with Crippen molar-refractivity contribution in [3.8, 4) is 0 Å². The molecule has 19 heteroatoms. The van der Waals surface area contributed by atoms with Crippen LogP contribution in [0.5, 0.6) is 0 Å². The van der Waals surface area contributed by atoms with Crippen LogP contribution in [0, 0.1) is 0 Å². The molecule has 1 rings (SSSR count). The highest BCUT2D eigenvalue weighted by molar-refractivity contribution is 7.87. The molecule has 0 radical (unpaired) electrons. The standard InChI is InChI=1S/C8F14O4S/c9-1-2(10)26-6(25-1,7(17,18)19)4(13,14)3(11,12)5(15,16)8(20,21)27(22,23)24. The van der Waals surface area contributed by atoms with E-state index < -0.39 is 57.2 Å². The smallest absolute Gasteiger partial charge is 0.410 e. The molecule has 0 amide bonds. The van der Waals surface area contributed by atoms with E-state index in [2.05, 4.69) is 9.47 Å². The Balaban J connectivity index is 3.73. The van der Waals surface area contributed by atoms with Crippen LogP contribution in [0.15, 0.2) is 12.0 Å². The molecule has 0 aromatic rings. The lowest BCUT2D eigenvalue weighted by Gasteiger charge is -2.41. The van der Waals surface area contributed by atoms with Gasteiger partial charge in [0.15, 0.2) is 0 Å². The molecule has 0 fully saturated rings. The lowest BCUT2D eigenvalue weighted by atomic mass is 9.95. The molecule has 0 N–H and O–H groups in total. The van der Waals surface area contributed by atoms with Crippen LogP contribution in [0.1, 0.15) is 0 Å². The largest absolute Gasteiger partial charge is 0.475 e. The molecular formula is C8F14O4S. The Bertz CT molecular complexity index is 736. The van der Waals surface area contributed by atoms with Gasteiger partial charge in [0.05, 0.1) is 0 Å². The summed E-state index contributed by atoms with van der Waals surface area (Å²) < 4.78 is 205. The van der Waals surface area contributed by atoms with Gasteiger partial charge in [-0.25, -0.2) is 0 Å². The predicted molar refractivity (Wildman–Crippen MR) is 50.0 cm³/mol. The summed E-state index contributed by atoms with van der Waals surface area (Å²) in [6, 6.07) is -6.84. The topological polar surface area (TPSA) is 52.6 Å². The van der Waals surface area contributed by atoms with E-state index in [-0.39, 0.29) is 0 Å². The van der Waals surface area contributed by atoms with Gasteiger partial charge < -0.3 is 9.47 Å². The second-order valence-electron chi connectivity index (χ2n) is 4.54. The summed E-state index contributed by atoms with van der Waals surface area (Å²) in [7, 11) is -8.12. The molecule has 0 saturated heterocycles. The fraction of sp³-hybridized carbons (Fsp3) is 0.750. The first-order valence-electron chi connectivity index (χ1n) is 5.47. The Morgan fingerprint density at radius 3 is 1.30 bits per heavy atom. The zero-order valence-electron chi connectivity index (χ0n) is 11.3. The Hall–Kier alpha value is -1.69. The van der Waals surface area contributed by atoms with Crippen molar-refractivity contribution >= 4 is 10.2 Å². The minimum atomic E-state index is -8.18. The van der Waals surface area contributed by atoms with E-state index in [9.17, 15) is 69.4 Å². The van der Waals surface area contributed by atoms with Crippen LogP contribution < -0.4 is 0 Å². The molecule has 0 atom stereocenters. The molecule has 0 bridgehead atoms. The predicted octanol–water partition coefficient (Wildman–Crippen LogP) is 4.16. The lowest BCUT2D eigenvalue weighted by molar-refractivity contribution is -0.469. The summed E-state index contributed by atoms with van der Waals surface area (Å²) in [6.07, 6.45) is -7.22. The van der Waals surface area contributed by atoms with E-state index in [0.717, 1.165) is 0 Å². The van der Waals surface area contributed by atoms with E-state index >= 15 is 0 Å². The summed E-state index contributed by atoms with van der Waals surface area (Å²) in [4.78, 5) is 0. The maximum atomic E-state index is 13.6. The normalized spacial score (nSPS) is 19.8. The highest BCUT2D eigenvalue weighted by Crippen LogP contribution is 2.63. The van der Waals surface area contributed by atoms with Gasteiger partial charge in [-0.3, -0.25) is 0 Å². The number of hydrogen-bond donors (Lipinski definition) is 0. The minimum Gasteiger partial charge on any atom is -0.410 e. The van der Waals surface area contributed by atoms with Gasteiger partial charge in [0.1, 0.15) is 0 Å². The van der Waals surface area contributed by atoms with Gasteiger partial charge >= 0.3 is 57.2 Å². The minimum absolute atomic E-state index is 2.41. The van der Waals surface area contributed by atoms with Crippen molar-refractivity contribution in [3.63, 3.8) is 0 Å². The van der Waals surface area contributed by atoms with Gasteiger partial charge in [0.2, 0.25) is 0 Å². The fourth-order valence-electron chi connectivity index (χ4n) is 1.52. The van der Waals surface area contributed by atoms with E-state index in [1.807, 2.05) is 0 Å². The SMILES string of the molecule is O=S(=O)(F)C(F)(F)C(F)(F)C(F)(F)C(F)(F)C1(C(F)(F)F)OC(F)=C(F)O1. The Labute approximate surface area is 137 Å². The van der Waals surface area contributed by atoms with Gasteiger partial charge in [0, 0.05) is 0 Å². The summed E-state index contributed by atoms with van der Waals surface area (Å²) in [5.74, 6) is -30.8.